The fourth-order valence-corrected chi connectivity index (χ4v) is 2.25. The molecule has 0 saturated heterocycles. The maximum atomic E-state index is 4.08. The summed E-state index contributed by atoms with van der Waals surface area (Å²) in [5.41, 5.74) is 2.29. The fraction of sp³-hybridized carbons (Fsp3) is 0.533. The molecule has 98 valence electrons. The van der Waals surface area contributed by atoms with E-state index >= 15 is 0 Å². The molecule has 2 aromatic rings. The van der Waals surface area contributed by atoms with Crippen LogP contribution >= 0.6 is 0 Å². The van der Waals surface area contributed by atoms with Gasteiger partial charge in [-0.1, -0.05) is 45.1 Å². The number of anilines is 1. The largest absolute Gasteiger partial charge is 0.384 e. The van der Waals surface area contributed by atoms with Crippen molar-refractivity contribution in [2.75, 3.05) is 11.9 Å². The molecule has 0 aliphatic carbocycles. The van der Waals surface area contributed by atoms with Crippen LogP contribution in [0.25, 0.3) is 10.9 Å². The fourth-order valence-electron chi connectivity index (χ4n) is 2.25. The Morgan fingerprint density at radius 2 is 1.94 bits per heavy atom. The SMILES string of the molecule is CCCCCCCCNc1cccc2[nH]ncc12. The van der Waals surface area contributed by atoms with Gasteiger partial charge in [0.15, 0.2) is 0 Å². The Hall–Kier alpha value is -1.51. The first kappa shape index (κ1) is 12.9. The Balaban J connectivity index is 1.72. The van der Waals surface area contributed by atoms with Crippen molar-refractivity contribution >= 4 is 16.6 Å². The summed E-state index contributed by atoms with van der Waals surface area (Å²) < 4.78 is 0. The molecule has 3 nitrogen and oxygen atoms in total. The van der Waals surface area contributed by atoms with Gasteiger partial charge in [-0.3, -0.25) is 5.10 Å². The number of hydrogen-bond donors (Lipinski definition) is 2. The number of aromatic amines is 1. The molecule has 1 aromatic heterocycles. The molecule has 0 saturated carbocycles. The average molecular weight is 245 g/mol. The van der Waals surface area contributed by atoms with E-state index in [1.165, 1.54) is 49.6 Å². The van der Waals surface area contributed by atoms with Crippen LogP contribution in [0.2, 0.25) is 0 Å². The lowest BCUT2D eigenvalue weighted by atomic mass is 10.1. The summed E-state index contributed by atoms with van der Waals surface area (Å²) in [5, 5.41) is 11.8. The van der Waals surface area contributed by atoms with Crippen molar-refractivity contribution in [3.63, 3.8) is 0 Å². The summed E-state index contributed by atoms with van der Waals surface area (Å²) in [7, 11) is 0. The molecule has 1 heterocycles. The Labute approximate surface area is 109 Å². The minimum atomic E-state index is 1.05. The van der Waals surface area contributed by atoms with Crippen LogP contribution in [0, 0.1) is 0 Å². The summed E-state index contributed by atoms with van der Waals surface area (Å²) in [6, 6.07) is 6.23. The minimum absolute atomic E-state index is 1.05. The van der Waals surface area contributed by atoms with E-state index in [-0.39, 0.29) is 0 Å². The molecule has 0 unspecified atom stereocenters. The molecule has 0 aliphatic heterocycles. The summed E-state index contributed by atoms with van der Waals surface area (Å²) in [6.07, 6.45) is 9.91. The van der Waals surface area contributed by atoms with Crippen molar-refractivity contribution < 1.29 is 0 Å². The molecule has 0 spiro atoms. The number of hydrogen-bond acceptors (Lipinski definition) is 2. The van der Waals surface area contributed by atoms with E-state index in [0.29, 0.717) is 0 Å². The van der Waals surface area contributed by atoms with E-state index in [1.807, 2.05) is 6.20 Å². The second-order valence-electron chi connectivity index (χ2n) is 4.83. The highest BCUT2D eigenvalue weighted by atomic mass is 15.1. The number of aromatic nitrogens is 2. The molecular formula is C15H23N3. The minimum Gasteiger partial charge on any atom is -0.384 e. The molecule has 2 rings (SSSR count). The molecule has 0 bridgehead atoms. The Kier molecular flexibility index (Phi) is 5.06. The van der Waals surface area contributed by atoms with Crippen LogP contribution in [0.4, 0.5) is 5.69 Å². The van der Waals surface area contributed by atoms with E-state index in [1.54, 1.807) is 0 Å². The molecule has 0 aliphatic rings. The number of rotatable bonds is 8. The zero-order chi connectivity index (χ0) is 12.6. The quantitative estimate of drug-likeness (QED) is 0.679. The predicted molar refractivity (Wildman–Crippen MR) is 78.0 cm³/mol. The van der Waals surface area contributed by atoms with Gasteiger partial charge in [0.2, 0.25) is 0 Å². The van der Waals surface area contributed by atoms with Gasteiger partial charge in [0.05, 0.1) is 11.7 Å². The first-order chi connectivity index (χ1) is 8.92. The van der Waals surface area contributed by atoms with Gasteiger partial charge in [0, 0.05) is 17.6 Å². The van der Waals surface area contributed by atoms with Gasteiger partial charge in [-0.05, 0) is 18.6 Å². The standard InChI is InChI=1S/C15H23N3/c1-2-3-4-5-6-7-11-16-14-9-8-10-15-13(14)12-17-18-15/h8-10,12,16H,2-7,11H2,1H3,(H,17,18). The van der Waals surface area contributed by atoms with Crippen molar-refractivity contribution in [2.45, 2.75) is 45.4 Å². The molecule has 0 fully saturated rings. The maximum Gasteiger partial charge on any atom is 0.0671 e. The lowest BCUT2D eigenvalue weighted by molar-refractivity contribution is 0.617. The lowest BCUT2D eigenvalue weighted by Crippen LogP contribution is -2.01. The van der Waals surface area contributed by atoms with Gasteiger partial charge in [-0.25, -0.2) is 0 Å². The van der Waals surface area contributed by atoms with Crippen molar-refractivity contribution in [1.29, 1.82) is 0 Å². The number of nitrogens with one attached hydrogen (secondary N) is 2. The first-order valence-electron chi connectivity index (χ1n) is 7.08. The monoisotopic (exact) mass is 245 g/mol. The van der Waals surface area contributed by atoms with Crippen molar-refractivity contribution in [3.05, 3.63) is 24.4 Å². The third-order valence-electron chi connectivity index (χ3n) is 3.33. The number of H-pyrrole nitrogens is 1. The summed E-state index contributed by atoms with van der Waals surface area (Å²) >= 11 is 0. The van der Waals surface area contributed by atoms with Crippen LogP contribution in [0.5, 0.6) is 0 Å². The molecule has 18 heavy (non-hydrogen) atoms. The molecule has 0 amide bonds. The first-order valence-corrected chi connectivity index (χ1v) is 7.08. The molecule has 1 aromatic carbocycles. The molecule has 2 N–H and O–H groups in total. The summed E-state index contributed by atoms with van der Waals surface area (Å²) in [6.45, 7) is 3.31. The summed E-state index contributed by atoms with van der Waals surface area (Å²) in [4.78, 5) is 0. The highest BCUT2D eigenvalue weighted by Gasteiger charge is 2.00. The highest BCUT2D eigenvalue weighted by molar-refractivity contribution is 5.90. The number of fused-ring (bicyclic) bond motifs is 1. The topological polar surface area (TPSA) is 40.7 Å². The van der Waals surface area contributed by atoms with Gasteiger partial charge in [-0.15, -0.1) is 0 Å². The number of nitrogens with zero attached hydrogens (tertiary/aromatic N) is 1. The summed E-state index contributed by atoms with van der Waals surface area (Å²) in [5.74, 6) is 0. The van der Waals surface area contributed by atoms with Crippen molar-refractivity contribution in [2.24, 2.45) is 0 Å². The Morgan fingerprint density at radius 1 is 1.11 bits per heavy atom. The van der Waals surface area contributed by atoms with Gasteiger partial charge in [0.1, 0.15) is 0 Å². The Morgan fingerprint density at radius 3 is 2.83 bits per heavy atom. The number of unbranched alkanes of at least 4 members (excludes halogenated alkanes) is 5. The van der Waals surface area contributed by atoms with Crippen molar-refractivity contribution in [3.8, 4) is 0 Å². The Bertz CT molecular complexity index is 461. The van der Waals surface area contributed by atoms with Crippen molar-refractivity contribution in [1.82, 2.24) is 10.2 Å². The molecular weight excluding hydrogens is 222 g/mol. The van der Waals surface area contributed by atoms with E-state index in [9.17, 15) is 0 Å². The molecule has 0 radical (unpaired) electrons. The van der Waals surface area contributed by atoms with Crippen LogP contribution in [0.15, 0.2) is 24.4 Å². The second kappa shape index (κ2) is 7.04. The van der Waals surface area contributed by atoms with Crippen LogP contribution in [0.3, 0.4) is 0 Å². The van der Waals surface area contributed by atoms with Gasteiger partial charge in [-0.2, -0.15) is 5.10 Å². The van der Waals surface area contributed by atoms with E-state index in [0.717, 1.165) is 12.1 Å². The van der Waals surface area contributed by atoms with Crippen LogP contribution in [0.1, 0.15) is 45.4 Å². The van der Waals surface area contributed by atoms with Gasteiger partial charge >= 0.3 is 0 Å². The highest BCUT2D eigenvalue weighted by Crippen LogP contribution is 2.20. The van der Waals surface area contributed by atoms with Crippen LogP contribution < -0.4 is 5.32 Å². The molecule has 0 atom stereocenters. The average Bonchev–Trinajstić information content (AvgIpc) is 2.86. The second-order valence-corrected chi connectivity index (χ2v) is 4.83. The normalized spacial score (nSPS) is 10.9. The van der Waals surface area contributed by atoms with E-state index in [2.05, 4.69) is 40.6 Å². The predicted octanol–water partition coefficient (Wildman–Crippen LogP) is 4.34. The lowest BCUT2D eigenvalue weighted by Gasteiger charge is -2.07. The number of benzene rings is 1. The van der Waals surface area contributed by atoms with E-state index in [4.69, 9.17) is 0 Å². The van der Waals surface area contributed by atoms with Gasteiger partial charge < -0.3 is 5.32 Å². The van der Waals surface area contributed by atoms with Gasteiger partial charge in [0.25, 0.3) is 0 Å². The smallest absolute Gasteiger partial charge is 0.0671 e. The third kappa shape index (κ3) is 3.49. The molecule has 3 heteroatoms. The van der Waals surface area contributed by atoms with E-state index < -0.39 is 0 Å². The third-order valence-corrected chi connectivity index (χ3v) is 3.33. The maximum absolute atomic E-state index is 4.08. The van der Waals surface area contributed by atoms with Crippen LogP contribution in [-0.4, -0.2) is 16.7 Å². The zero-order valence-electron chi connectivity index (χ0n) is 11.2. The van der Waals surface area contributed by atoms with Crippen LogP contribution in [-0.2, 0) is 0 Å². The zero-order valence-corrected chi connectivity index (χ0v) is 11.2.